The molecule has 0 aliphatic carbocycles. The number of amides is 5. The highest BCUT2D eigenvalue weighted by Crippen LogP contribution is 2.19. The molecule has 4 rings (SSSR count). The molecule has 2 saturated heterocycles. The number of piperazine rings is 1. The molecule has 0 radical (unpaired) electrons. The van der Waals surface area contributed by atoms with Gasteiger partial charge in [-0.2, -0.15) is 5.01 Å². The number of nitrogens with zero attached hydrogens (tertiary/aromatic N) is 3. The molecule has 1 atom stereocenters. The van der Waals surface area contributed by atoms with Crippen molar-refractivity contribution in [2.24, 2.45) is 0 Å². The van der Waals surface area contributed by atoms with Crippen molar-refractivity contribution in [3.8, 4) is 0 Å². The average Bonchev–Trinajstić information content (AvgIpc) is 3.29. The minimum Gasteiger partial charge on any atom is -0.351 e. The topological polar surface area (TPSA) is 118 Å². The Labute approximate surface area is 179 Å². The van der Waals surface area contributed by atoms with Crippen LogP contribution in [0.25, 0.3) is 10.9 Å². The third-order valence-electron chi connectivity index (χ3n) is 5.99. The van der Waals surface area contributed by atoms with Gasteiger partial charge < -0.3 is 15.2 Å². The van der Waals surface area contributed by atoms with E-state index in [0.29, 0.717) is 38.3 Å². The number of hydrazine groups is 1. The molecule has 2 aliphatic heterocycles. The Morgan fingerprint density at radius 1 is 1.13 bits per heavy atom. The highest BCUT2D eigenvalue weighted by Gasteiger charge is 2.47. The minimum absolute atomic E-state index is 0.0360. The number of hydrogen-bond acceptors (Lipinski definition) is 5. The van der Waals surface area contributed by atoms with E-state index in [1.807, 2.05) is 35.2 Å². The largest absolute Gasteiger partial charge is 0.351 e. The van der Waals surface area contributed by atoms with Crippen molar-refractivity contribution in [1.82, 2.24) is 30.5 Å². The summed E-state index contributed by atoms with van der Waals surface area (Å²) in [4.78, 5) is 56.4. The first-order valence-corrected chi connectivity index (χ1v) is 10.4. The lowest BCUT2D eigenvalue weighted by molar-refractivity contribution is -0.139. The molecule has 164 valence electrons. The fraction of sp³-hybridized carbons (Fsp3) is 0.429. The van der Waals surface area contributed by atoms with Crippen LogP contribution in [-0.2, 0) is 9.59 Å². The third-order valence-corrected chi connectivity index (χ3v) is 5.99. The van der Waals surface area contributed by atoms with Crippen LogP contribution in [0.3, 0.4) is 0 Å². The minimum atomic E-state index is -1.00. The van der Waals surface area contributed by atoms with Gasteiger partial charge in [-0.25, -0.2) is 4.79 Å². The van der Waals surface area contributed by atoms with E-state index < -0.39 is 23.4 Å². The summed E-state index contributed by atoms with van der Waals surface area (Å²) in [6.45, 7) is 5.46. The van der Waals surface area contributed by atoms with Gasteiger partial charge in [0.2, 0.25) is 0 Å². The molecule has 3 heterocycles. The molecule has 0 saturated carbocycles. The van der Waals surface area contributed by atoms with E-state index in [-0.39, 0.29) is 12.5 Å². The number of carbonyl (C=O) groups is 4. The Balaban J connectivity index is 1.29. The predicted molar refractivity (Wildman–Crippen MR) is 113 cm³/mol. The number of benzene rings is 1. The number of para-hydroxylation sites is 1. The summed E-state index contributed by atoms with van der Waals surface area (Å²) in [5.41, 5.74) is 2.86. The smallest absolute Gasteiger partial charge is 0.344 e. The van der Waals surface area contributed by atoms with Crippen molar-refractivity contribution in [1.29, 1.82) is 0 Å². The Morgan fingerprint density at radius 3 is 2.48 bits per heavy atom. The van der Waals surface area contributed by atoms with Crippen LogP contribution in [0.1, 0.15) is 30.8 Å². The molecule has 31 heavy (non-hydrogen) atoms. The number of carbonyl (C=O) groups excluding carboxylic acids is 4. The third kappa shape index (κ3) is 3.98. The van der Waals surface area contributed by atoms with Gasteiger partial charge >= 0.3 is 6.03 Å². The van der Waals surface area contributed by atoms with Crippen LogP contribution < -0.4 is 10.7 Å². The van der Waals surface area contributed by atoms with Crippen LogP contribution in [0.5, 0.6) is 0 Å². The summed E-state index contributed by atoms with van der Waals surface area (Å²) in [6, 6.07) is 8.94. The van der Waals surface area contributed by atoms with Crippen LogP contribution in [0, 0.1) is 0 Å². The second kappa shape index (κ2) is 8.03. The monoisotopic (exact) mass is 426 g/mol. The van der Waals surface area contributed by atoms with E-state index in [1.165, 1.54) is 0 Å². The van der Waals surface area contributed by atoms with E-state index in [9.17, 15) is 19.2 Å². The van der Waals surface area contributed by atoms with Crippen LogP contribution in [0.4, 0.5) is 4.79 Å². The normalized spacial score (nSPS) is 22.1. The zero-order chi connectivity index (χ0) is 22.2. The molecule has 0 spiro atoms. The SMILES string of the molecule is CCC1(C)NC(=O)N(NC(=O)CN2CCN(C(=O)c3cc4ccccc4[nH]3)CC2)C1=O. The number of aromatic amines is 1. The van der Waals surface area contributed by atoms with Crippen molar-refractivity contribution in [3.63, 3.8) is 0 Å². The van der Waals surface area contributed by atoms with Gasteiger partial charge in [0.1, 0.15) is 11.2 Å². The first-order chi connectivity index (χ1) is 14.8. The number of hydrogen-bond donors (Lipinski definition) is 3. The Morgan fingerprint density at radius 2 is 1.84 bits per heavy atom. The number of H-pyrrole nitrogens is 1. The fourth-order valence-corrected chi connectivity index (χ4v) is 3.86. The van der Waals surface area contributed by atoms with Gasteiger partial charge in [0.05, 0.1) is 6.54 Å². The molecule has 0 bridgehead atoms. The summed E-state index contributed by atoms with van der Waals surface area (Å²) in [6.07, 6.45) is 0.427. The summed E-state index contributed by atoms with van der Waals surface area (Å²) in [7, 11) is 0. The molecule has 10 heteroatoms. The molecule has 1 aromatic heterocycles. The van der Waals surface area contributed by atoms with Gasteiger partial charge in [-0.3, -0.25) is 24.7 Å². The Bertz CT molecular complexity index is 1010. The maximum atomic E-state index is 12.8. The Hall–Kier alpha value is -3.40. The van der Waals surface area contributed by atoms with Crippen LogP contribution in [-0.4, -0.2) is 81.8 Å². The number of urea groups is 1. The quantitative estimate of drug-likeness (QED) is 0.608. The molecule has 5 amide bonds. The van der Waals surface area contributed by atoms with Gasteiger partial charge in [-0.15, -0.1) is 0 Å². The maximum absolute atomic E-state index is 12.8. The van der Waals surface area contributed by atoms with Crippen molar-refractivity contribution in [2.45, 2.75) is 25.8 Å². The standard InChI is InChI=1S/C21H26N6O4/c1-3-21(2)19(30)27(20(31)23-21)24-17(28)13-25-8-10-26(11-9-25)18(29)16-12-14-6-4-5-7-15(14)22-16/h4-7,12,22H,3,8-11,13H2,1-2H3,(H,23,31)(H,24,28). The first-order valence-electron chi connectivity index (χ1n) is 10.4. The summed E-state index contributed by atoms with van der Waals surface area (Å²) in [5, 5.41) is 4.33. The van der Waals surface area contributed by atoms with E-state index >= 15 is 0 Å². The molecule has 10 nitrogen and oxygen atoms in total. The van der Waals surface area contributed by atoms with Gasteiger partial charge in [-0.1, -0.05) is 25.1 Å². The van der Waals surface area contributed by atoms with Crippen LogP contribution >= 0.6 is 0 Å². The van der Waals surface area contributed by atoms with Crippen LogP contribution in [0.2, 0.25) is 0 Å². The molecule has 3 N–H and O–H groups in total. The fourth-order valence-electron chi connectivity index (χ4n) is 3.86. The number of imide groups is 1. The summed E-state index contributed by atoms with van der Waals surface area (Å²) in [5.74, 6) is -0.986. The summed E-state index contributed by atoms with van der Waals surface area (Å²) < 4.78 is 0. The molecule has 2 aromatic rings. The number of rotatable bonds is 5. The van der Waals surface area contributed by atoms with Gasteiger partial charge in [0.25, 0.3) is 17.7 Å². The molecule has 1 aromatic carbocycles. The second-order valence-electron chi connectivity index (χ2n) is 8.13. The molecule has 2 aliphatic rings. The van der Waals surface area contributed by atoms with Crippen molar-refractivity contribution < 1.29 is 19.2 Å². The van der Waals surface area contributed by atoms with Crippen molar-refractivity contribution >= 4 is 34.7 Å². The van der Waals surface area contributed by atoms with Crippen molar-refractivity contribution in [2.75, 3.05) is 32.7 Å². The van der Waals surface area contributed by atoms with Gasteiger partial charge in [0.15, 0.2) is 0 Å². The molecular formula is C21H26N6O4. The zero-order valence-corrected chi connectivity index (χ0v) is 17.6. The summed E-state index contributed by atoms with van der Waals surface area (Å²) >= 11 is 0. The first kappa shape index (κ1) is 20.9. The highest BCUT2D eigenvalue weighted by atomic mass is 16.2. The lowest BCUT2D eigenvalue weighted by Crippen LogP contribution is -2.54. The highest BCUT2D eigenvalue weighted by molar-refractivity contribution is 6.07. The average molecular weight is 426 g/mol. The predicted octanol–water partition coefficient (Wildman–Crippen LogP) is 0.677. The lowest BCUT2D eigenvalue weighted by atomic mass is 10.00. The number of nitrogens with one attached hydrogen (secondary N) is 3. The molecular weight excluding hydrogens is 400 g/mol. The lowest BCUT2D eigenvalue weighted by Gasteiger charge is -2.34. The van der Waals surface area contributed by atoms with Gasteiger partial charge in [-0.05, 0) is 25.5 Å². The van der Waals surface area contributed by atoms with Crippen molar-refractivity contribution in [3.05, 3.63) is 36.0 Å². The number of fused-ring (bicyclic) bond motifs is 1. The maximum Gasteiger partial charge on any atom is 0.344 e. The zero-order valence-electron chi connectivity index (χ0n) is 17.6. The van der Waals surface area contributed by atoms with E-state index in [2.05, 4.69) is 15.7 Å². The van der Waals surface area contributed by atoms with Crippen LogP contribution in [0.15, 0.2) is 30.3 Å². The molecule has 2 fully saturated rings. The molecule has 1 unspecified atom stereocenters. The van der Waals surface area contributed by atoms with E-state index in [0.717, 1.165) is 15.9 Å². The Kier molecular flexibility index (Phi) is 5.40. The number of aromatic nitrogens is 1. The van der Waals surface area contributed by atoms with E-state index in [1.54, 1.807) is 18.7 Å². The van der Waals surface area contributed by atoms with Gasteiger partial charge in [0, 0.05) is 37.1 Å². The second-order valence-corrected chi connectivity index (χ2v) is 8.13. The van der Waals surface area contributed by atoms with E-state index in [4.69, 9.17) is 0 Å².